The van der Waals surface area contributed by atoms with Crippen LogP contribution in [0.15, 0.2) is 30.3 Å². The van der Waals surface area contributed by atoms with Crippen molar-refractivity contribution in [2.24, 2.45) is 0 Å². The first kappa shape index (κ1) is 14.2. The van der Waals surface area contributed by atoms with Gasteiger partial charge in [0.2, 0.25) is 0 Å². The molecule has 0 aliphatic heterocycles. The summed E-state index contributed by atoms with van der Waals surface area (Å²) in [5.41, 5.74) is 8.21. The molecule has 0 aliphatic carbocycles. The van der Waals surface area contributed by atoms with Crippen molar-refractivity contribution in [2.45, 2.75) is 20.8 Å². The molecule has 0 aromatic heterocycles. The number of hydrogen-bond donors (Lipinski definition) is 1. The molecule has 2 N–H and O–H groups in total. The van der Waals surface area contributed by atoms with E-state index in [1.165, 1.54) is 12.1 Å². The van der Waals surface area contributed by atoms with Crippen LogP contribution < -0.4 is 15.2 Å². The van der Waals surface area contributed by atoms with Gasteiger partial charge in [0, 0.05) is 12.1 Å². The summed E-state index contributed by atoms with van der Waals surface area (Å²) >= 11 is 0. The number of nitrogens with two attached hydrogens (primary N) is 1. The lowest BCUT2D eigenvalue weighted by molar-refractivity contribution is 0.319. The minimum atomic E-state index is -0.489. The van der Waals surface area contributed by atoms with Crippen LogP contribution in [0.1, 0.15) is 18.1 Å². The Labute approximate surface area is 118 Å². The smallest absolute Gasteiger partial charge is 0.167 e. The van der Waals surface area contributed by atoms with E-state index in [2.05, 4.69) is 0 Å². The van der Waals surface area contributed by atoms with E-state index in [4.69, 9.17) is 15.2 Å². The molecule has 0 radical (unpaired) electrons. The SMILES string of the molecule is CCOc1cc(Oc2cc(C)cc(C)c2)c(N)cc1F. The molecule has 2 rings (SSSR count). The van der Waals surface area contributed by atoms with Gasteiger partial charge >= 0.3 is 0 Å². The van der Waals surface area contributed by atoms with Crippen LogP contribution in [-0.4, -0.2) is 6.61 Å². The van der Waals surface area contributed by atoms with Crippen molar-refractivity contribution in [1.82, 2.24) is 0 Å². The molecule has 0 bridgehead atoms. The van der Waals surface area contributed by atoms with Gasteiger partial charge in [-0.25, -0.2) is 4.39 Å². The van der Waals surface area contributed by atoms with Gasteiger partial charge in [-0.05, 0) is 44.0 Å². The van der Waals surface area contributed by atoms with Crippen LogP contribution in [0.5, 0.6) is 17.2 Å². The van der Waals surface area contributed by atoms with Crippen LogP contribution in [-0.2, 0) is 0 Å². The van der Waals surface area contributed by atoms with Gasteiger partial charge in [-0.3, -0.25) is 0 Å². The molecule has 0 heterocycles. The summed E-state index contributed by atoms with van der Waals surface area (Å²) in [4.78, 5) is 0. The molecule has 0 aliphatic rings. The number of ether oxygens (including phenoxy) is 2. The first-order valence-corrected chi connectivity index (χ1v) is 6.47. The third-order valence-corrected chi connectivity index (χ3v) is 2.79. The second-order valence-corrected chi connectivity index (χ2v) is 4.68. The molecule has 106 valence electrons. The highest BCUT2D eigenvalue weighted by atomic mass is 19.1. The van der Waals surface area contributed by atoms with Gasteiger partial charge in [0.1, 0.15) is 5.75 Å². The maximum absolute atomic E-state index is 13.6. The Morgan fingerprint density at radius 3 is 2.25 bits per heavy atom. The van der Waals surface area contributed by atoms with Crippen LogP contribution in [0.2, 0.25) is 0 Å². The van der Waals surface area contributed by atoms with Crippen LogP contribution in [0.3, 0.4) is 0 Å². The average molecular weight is 275 g/mol. The number of nitrogen functional groups attached to an aromatic ring is 1. The molecule has 20 heavy (non-hydrogen) atoms. The number of halogens is 1. The summed E-state index contributed by atoms with van der Waals surface area (Å²) in [6.07, 6.45) is 0. The van der Waals surface area contributed by atoms with Gasteiger partial charge in [0.25, 0.3) is 0 Å². The first-order chi connectivity index (χ1) is 9.49. The first-order valence-electron chi connectivity index (χ1n) is 6.47. The zero-order valence-electron chi connectivity index (χ0n) is 11.9. The zero-order chi connectivity index (χ0) is 14.7. The zero-order valence-corrected chi connectivity index (χ0v) is 11.9. The van der Waals surface area contributed by atoms with Crippen molar-refractivity contribution in [2.75, 3.05) is 12.3 Å². The van der Waals surface area contributed by atoms with Crippen molar-refractivity contribution in [1.29, 1.82) is 0 Å². The Morgan fingerprint density at radius 1 is 1.00 bits per heavy atom. The molecular weight excluding hydrogens is 257 g/mol. The third-order valence-electron chi connectivity index (χ3n) is 2.79. The lowest BCUT2D eigenvalue weighted by atomic mass is 10.1. The lowest BCUT2D eigenvalue weighted by Gasteiger charge is -2.12. The highest BCUT2D eigenvalue weighted by Gasteiger charge is 2.11. The van der Waals surface area contributed by atoms with Crippen LogP contribution in [0.4, 0.5) is 10.1 Å². The normalized spacial score (nSPS) is 10.4. The maximum atomic E-state index is 13.6. The number of rotatable bonds is 4. The van der Waals surface area contributed by atoms with E-state index < -0.39 is 5.82 Å². The van der Waals surface area contributed by atoms with Crippen molar-refractivity contribution in [3.8, 4) is 17.2 Å². The molecule has 2 aromatic carbocycles. The Hall–Kier alpha value is -2.23. The second kappa shape index (κ2) is 5.82. The monoisotopic (exact) mass is 275 g/mol. The fraction of sp³-hybridized carbons (Fsp3) is 0.250. The summed E-state index contributed by atoms with van der Waals surface area (Å²) < 4.78 is 24.6. The van der Waals surface area contributed by atoms with Crippen molar-refractivity contribution in [3.63, 3.8) is 0 Å². The number of hydrogen-bond acceptors (Lipinski definition) is 3. The predicted octanol–water partition coefficient (Wildman–Crippen LogP) is 4.22. The van der Waals surface area contributed by atoms with Gasteiger partial charge in [-0.2, -0.15) is 0 Å². The van der Waals surface area contributed by atoms with E-state index in [1.807, 2.05) is 32.0 Å². The Kier molecular flexibility index (Phi) is 4.13. The quantitative estimate of drug-likeness (QED) is 0.850. The summed E-state index contributed by atoms with van der Waals surface area (Å²) in [6, 6.07) is 8.54. The largest absolute Gasteiger partial charge is 0.491 e. The van der Waals surface area contributed by atoms with E-state index in [1.54, 1.807) is 6.92 Å². The maximum Gasteiger partial charge on any atom is 0.167 e. The standard InChI is InChI=1S/C16H18FNO2/c1-4-19-15-9-16(14(18)8-13(15)17)20-12-6-10(2)5-11(3)7-12/h5-9H,4,18H2,1-3H3. The second-order valence-electron chi connectivity index (χ2n) is 4.68. The van der Waals surface area contributed by atoms with E-state index in [0.717, 1.165) is 11.1 Å². The molecule has 0 saturated carbocycles. The van der Waals surface area contributed by atoms with Gasteiger partial charge in [-0.1, -0.05) is 6.07 Å². The fourth-order valence-electron chi connectivity index (χ4n) is 2.02. The number of aryl methyl sites for hydroxylation is 2. The van der Waals surface area contributed by atoms with E-state index in [9.17, 15) is 4.39 Å². The summed E-state index contributed by atoms with van der Waals surface area (Å²) in [5, 5.41) is 0. The Morgan fingerprint density at radius 2 is 1.65 bits per heavy atom. The van der Waals surface area contributed by atoms with Crippen molar-refractivity contribution in [3.05, 3.63) is 47.3 Å². The molecule has 0 amide bonds. The Bertz CT molecular complexity index is 606. The van der Waals surface area contributed by atoms with Crippen LogP contribution >= 0.6 is 0 Å². The number of benzene rings is 2. The van der Waals surface area contributed by atoms with Crippen LogP contribution in [0, 0.1) is 19.7 Å². The van der Waals surface area contributed by atoms with Gasteiger partial charge < -0.3 is 15.2 Å². The molecule has 0 atom stereocenters. The van der Waals surface area contributed by atoms with E-state index in [0.29, 0.717) is 18.1 Å². The molecule has 0 unspecified atom stereocenters. The average Bonchev–Trinajstić information content (AvgIpc) is 2.34. The summed E-state index contributed by atoms with van der Waals surface area (Å²) in [7, 11) is 0. The van der Waals surface area contributed by atoms with Crippen LogP contribution in [0.25, 0.3) is 0 Å². The molecule has 0 saturated heterocycles. The fourth-order valence-corrected chi connectivity index (χ4v) is 2.02. The minimum absolute atomic E-state index is 0.140. The topological polar surface area (TPSA) is 44.5 Å². The number of anilines is 1. The van der Waals surface area contributed by atoms with E-state index in [-0.39, 0.29) is 11.4 Å². The van der Waals surface area contributed by atoms with Gasteiger partial charge in [-0.15, -0.1) is 0 Å². The highest BCUT2D eigenvalue weighted by molar-refractivity contribution is 5.57. The third kappa shape index (κ3) is 3.20. The molecular formula is C16H18FNO2. The molecule has 2 aromatic rings. The molecule has 4 heteroatoms. The van der Waals surface area contributed by atoms with Crippen molar-refractivity contribution >= 4 is 5.69 Å². The molecule has 0 fully saturated rings. The van der Waals surface area contributed by atoms with Crippen molar-refractivity contribution < 1.29 is 13.9 Å². The Balaban J connectivity index is 2.34. The van der Waals surface area contributed by atoms with Gasteiger partial charge in [0.15, 0.2) is 17.3 Å². The minimum Gasteiger partial charge on any atom is -0.491 e. The van der Waals surface area contributed by atoms with Gasteiger partial charge in [0.05, 0.1) is 12.3 Å². The highest BCUT2D eigenvalue weighted by Crippen LogP contribution is 2.34. The van der Waals surface area contributed by atoms with E-state index >= 15 is 0 Å². The predicted molar refractivity (Wildman–Crippen MR) is 78.0 cm³/mol. The molecule has 0 spiro atoms. The summed E-state index contributed by atoms with van der Waals surface area (Å²) in [6.45, 7) is 6.14. The molecule has 3 nitrogen and oxygen atoms in total. The lowest BCUT2D eigenvalue weighted by Crippen LogP contribution is -1.99. The summed E-state index contributed by atoms with van der Waals surface area (Å²) in [5.74, 6) is 0.710.